The molecule has 0 amide bonds. The van der Waals surface area contributed by atoms with Gasteiger partial charge in [0.05, 0.1) is 12.1 Å². The number of nitrogens with one attached hydrogen (secondary N) is 1. The minimum atomic E-state index is -0.200. The van der Waals surface area contributed by atoms with Crippen molar-refractivity contribution in [2.45, 2.75) is 19.0 Å². The molecule has 1 aliphatic rings. The summed E-state index contributed by atoms with van der Waals surface area (Å²) >= 11 is 8.90. The Bertz CT molecular complexity index is 622. The molecular weight excluding hydrogens is 310 g/mol. The number of hydrogen-bond donors (Lipinski definition) is 1. The van der Waals surface area contributed by atoms with Crippen molar-refractivity contribution in [1.82, 2.24) is 14.9 Å². The smallest absolute Gasteiger partial charge is 0.167 e. The molecule has 1 aromatic heterocycles. The zero-order chi connectivity index (χ0) is 12.8. The molecular formula is C13H12BrN3S. The molecule has 92 valence electrons. The first-order valence-electron chi connectivity index (χ1n) is 5.68. The number of fused-ring (bicyclic) bond motifs is 1. The van der Waals surface area contributed by atoms with E-state index in [0.717, 1.165) is 16.8 Å². The van der Waals surface area contributed by atoms with Gasteiger partial charge in [-0.15, -0.1) is 0 Å². The van der Waals surface area contributed by atoms with E-state index in [1.165, 1.54) is 5.56 Å². The van der Waals surface area contributed by atoms with E-state index in [9.17, 15) is 0 Å². The monoisotopic (exact) mass is 321 g/mol. The standard InChI is InChI=1S/C13H12BrN3S/c1-13(9-3-2-4-10(14)7-9)8-17-6-5-15-11(17)12(18)16-13/h2-7H,8H2,1H3,(H,16,18). The van der Waals surface area contributed by atoms with Crippen LogP contribution in [-0.2, 0) is 12.1 Å². The lowest BCUT2D eigenvalue weighted by atomic mass is 9.90. The van der Waals surface area contributed by atoms with Crippen molar-refractivity contribution in [1.29, 1.82) is 0 Å². The number of hydrogen-bond acceptors (Lipinski definition) is 2. The van der Waals surface area contributed by atoms with E-state index in [2.05, 4.69) is 49.9 Å². The normalized spacial score (nSPS) is 22.4. The zero-order valence-electron chi connectivity index (χ0n) is 9.85. The van der Waals surface area contributed by atoms with Gasteiger partial charge in [-0.2, -0.15) is 0 Å². The van der Waals surface area contributed by atoms with Crippen molar-refractivity contribution in [3.8, 4) is 0 Å². The molecule has 0 saturated carbocycles. The Morgan fingerprint density at radius 1 is 1.50 bits per heavy atom. The van der Waals surface area contributed by atoms with Gasteiger partial charge in [-0.25, -0.2) is 4.98 Å². The maximum absolute atomic E-state index is 5.39. The van der Waals surface area contributed by atoms with E-state index in [-0.39, 0.29) is 5.54 Å². The fourth-order valence-electron chi connectivity index (χ4n) is 2.33. The van der Waals surface area contributed by atoms with Crippen LogP contribution in [0.25, 0.3) is 0 Å². The molecule has 0 saturated heterocycles. The highest BCUT2D eigenvalue weighted by atomic mass is 79.9. The van der Waals surface area contributed by atoms with Crippen molar-refractivity contribution in [3.05, 3.63) is 52.5 Å². The first-order valence-corrected chi connectivity index (χ1v) is 6.88. The molecule has 5 heteroatoms. The minimum Gasteiger partial charge on any atom is -0.362 e. The molecule has 0 spiro atoms. The molecule has 2 aromatic rings. The molecule has 0 radical (unpaired) electrons. The summed E-state index contributed by atoms with van der Waals surface area (Å²) in [7, 11) is 0. The Balaban J connectivity index is 2.05. The van der Waals surface area contributed by atoms with E-state index >= 15 is 0 Å². The maximum Gasteiger partial charge on any atom is 0.167 e. The second-order valence-electron chi connectivity index (χ2n) is 4.68. The third-order valence-electron chi connectivity index (χ3n) is 3.26. The molecule has 3 nitrogen and oxygen atoms in total. The average Bonchev–Trinajstić information content (AvgIpc) is 2.77. The lowest BCUT2D eigenvalue weighted by Crippen LogP contribution is -2.51. The van der Waals surface area contributed by atoms with Gasteiger partial charge in [0.1, 0.15) is 4.99 Å². The molecule has 0 bridgehead atoms. The summed E-state index contributed by atoms with van der Waals surface area (Å²) in [5, 5.41) is 3.41. The summed E-state index contributed by atoms with van der Waals surface area (Å²) in [6.45, 7) is 2.98. The number of aromatic nitrogens is 2. The van der Waals surface area contributed by atoms with E-state index < -0.39 is 0 Å². The lowest BCUT2D eigenvalue weighted by Gasteiger charge is -2.37. The average molecular weight is 322 g/mol. The highest BCUT2D eigenvalue weighted by Crippen LogP contribution is 2.29. The summed E-state index contributed by atoms with van der Waals surface area (Å²) < 4.78 is 3.17. The Morgan fingerprint density at radius 2 is 2.33 bits per heavy atom. The molecule has 1 aromatic carbocycles. The third-order valence-corrected chi connectivity index (χ3v) is 4.03. The SMILES string of the molecule is CC1(c2cccc(Br)c2)Cn2ccnc2C(=S)N1. The van der Waals surface area contributed by atoms with Gasteiger partial charge < -0.3 is 9.88 Å². The predicted molar refractivity (Wildman–Crippen MR) is 78.6 cm³/mol. The van der Waals surface area contributed by atoms with Gasteiger partial charge in [-0.3, -0.25) is 0 Å². The van der Waals surface area contributed by atoms with Crippen LogP contribution in [0.5, 0.6) is 0 Å². The van der Waals surface area contributed by atoms with Crippen molar-refractivity contribution in [2.75, 3.05) is 0 Å². The summed E-state index contributed by atoms with van der Waals surface area (Å²) in [4.78, 5) is 4.97. The minimum absolute atomic E-state index is 0.200. The number of benzene rings is 1. The lowest BCUT2D eigenvalue weighted by molar-refractivity contribution is 0.351. The maximum atomic E-state index is 5.39. The fraction of sp³-hybridized carbons (Fsp3) is 0.231. The van der Waals surface area contributed by atoms with Gasteiger partial charge in [0.2, 0.25) is 0 Å². The van der Waals surface area contributed by atoms with Crippen molar-refractivity contribution in [3.63, 3.8) is 0 Å². The number of nitrogens with zero attached hydrogens (tertiary/aromatic N) is 2. The molecule has 0 fully saturated rings. The quantitative estimate of drug-likeness (QED) is 0.819. The highest BCUT2D eigenvalue weighted by molar-refractivity contribution is 9.10. The Hall–Kier alpha value is -1.20. The summed E-state index contributed by atoms with van der Waals surface area (Å²) in [6.07, 6.45) is 3.76. The van der Waals surface area contributed by atoms with Gasteiger partial charge in [0, 0.05) is 16.9 Å². The van der Waals surface area contributed by atoms with E-state index in [1.807, 2.05) is 18.3 Å². The molecule has 18 heavy (non-hydrogen) atoms. The van der Waals surface area contributed by atoms with Crippen LogP contribution in [0.1, 0.15) is 18.3 Å². The van der Waals surface area contributed by atoms with Crippen molar-refractivity contribution >= 4 is 33.1 Å². The second-order valence-corrected chi connectivity index (χ2v) is 6.00. The first kappa shape index (κ1) is 11.9. The van der Waals surface area contributed by atoms with Crippen LogP contribution in [0.2, 0.25) is 0 Å². The summed E-state index contributed by atoms with van der Waals surface area (Å²) in [5.41, 5.74) is 1.01. The molecule has 0 aliphatic carbocycles. The predicted octanol–water partition coefficient (Wildman–Crippen LogP) is 2.84. The molecule has 1 aliphatic heterocycles. The van der Waals surface area contributed by atoms with E-state index in [1.54, 1.807) is 6.20 Å². The Kier molecular flexibility index (Phi) is 2.75. The summed E-state index contributed by atoms with van der Waals surface area (Å²) in [5.74, 6) is 0.845. The third kappa shape index (κ3) is 1.87. The molecule has 1 unspecified atom stereocenters. The first-order chi connectivity index (χ1) is 8.58. The topological polar surface area (TPSA) is 29.9 Å². The largest absolute Gasteiger partial charge is 0.362 e. The highest BCUT2D eigenvalue weighted by Gasteiger charge is 2.34. The van der Waals surface area contributed by atoms with E-state index in [4.69, 9.17) is 12.2 Å². The van der Waals surface area contributed by atoms with Gasteiger partial charge in [0.15, 0.2) is 5.82 Å². The van der Waals surface area contributed by atoms with Crippen LogP contribution in [0.15, 0.2) is 41.1 Å². The number of imidazole rings is 1. The van der Waals surface area contributed by atoms with Crippen molar-refractivity contribution in [2.24, 2.45) is 0 Å². The van der Waals surface area contributed by atoms with Gasteiger partial charge in [-0.05, 0) is 24.6 Å². The van der Waals surface area contributed by atoms with Crippen molar-refractivity contribution < 1.29 is 0 Å². The van der Waals surface area contributed by atoms with Crippen LogP contribution in [0.3, 0.4) is 0 Å². The van der Waals surface area contributed by atoms with E-state index in [0.29, 0.717) is 4.99 Å². The van der Waals surface area contributed by atoms with Crippen LogP contribution in [0, 0.1) is 0 Å². The van der Waals surface area contributed by atoms with Crippen LogP contribution >= 0.6 is 28.1 Å². The number of thiocarbonyl (C=S) groups is 1. The van der Waals surface area contributed by atoms with Gasteiger partial charge >= 0.3 is 0 Å². The van der Waals surface area contributed by atoms with Crippen LogP contribution in [0.4, 0.5) is 0 Å². The zero-order valence-corrected chi connectivity index (χ0v) is 12.3. The second kappa shape index (κ2) is 4.17. The molecule has 3 rings (SSSR count). The van der Waals surface area contributed by atoms with Gasteiger partial charge in [-0.1, -0.05) is 40.3 Å². The fourth-order valence-corrected chi connectivity index (χ4v) is 3.12. The Morgan fingerprint density at radius 3 is 3.11 bits per heavy atom. The Labute approximate surface area is 119 Å². The van der Waals surface area contributed by atoms with Crippen LogP contribution in [-0.4, -0.2) is 14.5 Å². The molecule has 2 heterocycles. The molecule has 1 N–H and O–H groups in total. The van der Waals surface area contributed by atoms with Gasteiger partial charge in [0.25, 0.3) is 0 Å². The summed E-state index contributed by atoms with van der Waals surface area (Å²) in [6, 6.07) is 8.30. The number of halogens is 1. The number of rotatable bonds is 1. The molecule has 1 atom stereocenters. The van der Waals surface area contributed by atoms with Crippen LogP contribution < -0.4 is 5.32 Å².